The van der Waals surface area contributed by atoms with Gasteiger partial charge in [-0.15, -0.1) is 0 Å². The first-order chi connectivity index (χ1) is 7.68. The van der Waals surface area contributed by atoms with Crippen LogP contribution >= 0.6 is 0 Å². The minimum absolute atomic E-state index is 0.338. The van der Waals surface area contributed by atoms with Crippen LogP contribution in [0.2, 0.25) is 0 Å². The van der Waals surface area contributed by atoms with Crippen molar-refractivity contribution in [2.24, 2.45) is 11.1 Å². The Kier molecular flexibility index (Phi) is 3.24. The lowest BCUT2D eigenvalue weighted by molar-refractivity contribution is 0.119. The molecule has 1 aromatic carbocycles. The quantitative estimate of drug-likeness (QED) is 0.838. The fourth-order valence-corrected chi connectivity index (χ4v) is 2.66. The van der Waals surface area contributed by atoms with E-state index >= 15 is 0 Å². The normalized spacial score (nSPS) is 20.9. The Bertz CT molecular complexity index is 359. The molecule has 0 amide bonds. The van der Waals surface area contributed by atoms with E-state index in [0.717, 1.165) is 25.7 Å². The van der Waals surface area contributed by atoms with Crippen LogP contribution in [0.1, 0.15) is 37.4 Å². The summed E-state index contributed by atoms with van der Waals surface area (Å²) in [7, 11) is 0. The first-order valence-corrected chi connectivity index (χ1v) is 5.77. The third-order valence-electron chi connectivity index (χ3n) is 3.68. The summed E-state index contributed by atoms with van der Waals surface area (Å²) in [6.45, 7) is 0.338. The zero-order valence-electron chi connectivity index (χ0n) is 9.26. The van der Waals surface area contributed by atoms with E-state index in [4.69, 9.17) is 5.73 Å². The maximum atomic E-state index is 14.4. The Balaban J connectivity index is 2.26. The monoisotopic (exact) mass is 225 g/mol. The Morgan fingerprint density at radius 2 is 2.00 bits per heavy atom. The summed E-state index contributed by atoms with van der Waals surface area (Å²) in [5, 5.41) is 0. The lowest BCUT2D eigenvalue weighted by Gasteiger charge is -2.31. The third-order valence-corrected chi connectivity index (χ3v) is 3.68. The predicted molar refractivity (Wildman–Crippen MR) is 60.2 cm³/mol. The predicted octanol–water partition coefficient (Wildman–Crippen LogP) is 3.36. The van der Waals surface area contributed by atoms with E-state index in [2.05, 4.69) is 0 Å². The summed E-state index contributed by atoms with van der Waals surface area (Å²) in [4.78, 5) is 0. The summed E-state index contributed by atoms with van der Waals surface area (Å²) < 4.78 is 27.5. The highest BCUT2D eigenvalue weighted by atomic mass is 19.1. The number of benzene rings is 1. The molecule has 16 heavy (non-hydrogen) atoms. The summed E-state index contributed by atoms with van der Waals surface area (Å²) >= 11 is 0. The van der Waals surface area contributed by atoms with E-state index in [-0.39, 0.29) is 5.82 Å². The highest BCUT2D eigenvalue weighted by Gasteiger charge is 2.41. The van der Waals surface area contributed by atoms with Crippen LogP contribution in [-0.4, -0.2) is 6.54 Å². The van der Waals surface area contributed by atoms with Crippen LogP contribution in [0.3, 0.4) is 0 Å². The van der Waals surface area contributed by atoms with Crippen LogP contribution in [0.25, 0.3) is 0 Å². The maximum absolute atomic E-state index is 14.4. The summed E-state index contributed by atoms with van der Waals surface area (Å²) in [5.41, 5.74) is 5.67. The largest absolute Gasteiger partial charge is 0.330 e. The summed E-state index contributed by atoms with van der Waals surface area (Å²) in [6, 6.07) is 5.81. The molecule has 1 atom stereocenters. The molecular weight excluding hydrogens is 208 g/mol. The molecule has 0 heterocycles. The standard InChI is InChI=1S/C13H17F2N/c14-11-5-3-4-10(8-11)12(15)13(9-16)6-1-2-7-13/h3-5,8,12H,1-2,6-7,9,16H2. The van der Waals surface area contributed by atoms with Crippen molar-refractivity contribution in [1.29, 1.82) is 0 Å². The minimum atomic E-state index is -1.14. The lowest BCUT2D eigenvalue weighted by atomic mass is 9.78. The SMILES string of the molecule is NCC1(C(F)c2cccc(F)c2)CCCC1. The van der Waals surface area contributed by atoms with Crippen molar-refractivity contribution in [3.63, 3.8) is 0 Å². The van der Waals surface area contributed by atoms with E-state index in [1.54, 1.807) is 12.1 Å². The van der Waals surface area contributed by atoms with Gasteiger partial charge in [-0.25, -0.2) is 8.78 Å². The second-order valence-corrected chi connectivity index (χ2v) is 4.69. The zero-order chi connectivity index (χ0) is 11.6. The molecule has 1 aromatic rings. The van der Waals surface area contributed by atoms with Crippen LogP contribution in [0.5, 0.6) is 0 Å². The molecule has 1 saturated carbocycles. The Hall–Kier alpha value is -0.960. The van der Waals surface area contributed by atoms with Gasteiger partial charge >= 0.3 is 0 Å². The fourth-order valence-electron chi connectivity index (χ4n) is 2.66. The first-order valence-electron chi connectivity index (χ1n) is 5.77. The molecular formula is C13H17F2N. The van der Waals surface area contributed by atoms with Gasteiger partial charge in [-0.2, -0.15) is 0 Å². The van der Waals surface area contributed by atoms with Crippen molar-refractivity contribution in [2.45, 2.75) is 31.9 Å². The van der Waals surface area contributed by atoms with Gasteiger partial charge in [0.2, 0.25) is 0 Å². The summed E-state index contributed by atoms with van der Waals surface area (Å²) in [5.74, 6) is -0.384. The number of hydrogen-bond acceptors (Lipinski definition) is 1. The smallest absolute Gasteiger partial charge is 0.132 e. The van der Waals surface area contributed by atoms with Crippen LogP contribution < -0.4 is 5.73 Å². The van der Waals surface area contributed by atoms with Gasteiger partial charge in [-0.05, 0) is 30.5 Å². The molecule has 0 spiro atoms. The molecule has 0 aliphatic heterocycles. The van der Waals surface area contributed by atoms with E-state index in [1.165, 1.54) is 12.1 Å². The lowest BCUT2D eigenvalue weighted by Crippen LogP contribution is -2.32. The van der Waals surface area contributed by atoms with Crippen molar-refractivity contribution < 1.29 is 8.78 Å². The van der Waals surface area contributed by atoms with Crippen LogP contribution in [0.4, 0.5) is 8.78 Å². The van der Waals surface area contributed by atoms with Crippen LogP contribution in [0.15, 0.2) is 24.3 Å². The van der Waals surface area contributed by atoms with Gasteiger partial charge in [0, 0.05) is 12.0 Å². The van der Waals surface area contributed by atoms with Crippen LogP contribution in [-0.2, 0) is 0 Å². The molecule has 1 fully saturated rings. The van der Waals surface area contributed by atoms with Gasteiger partial charge in [-0.1, -0.05) is 25.0 Å². The Morgan fingerprint density at radius 3 is 2.56 bits per heavy atom. The highest BCUT2D eigenvalue weighted by molar-refractivity contribution is 5.21. The van der Waals surface area contributed by atoms with Gasteiger partial charge in [0.05, 0.1) is 0 Å². The summed E-state index contributed by atoms with van der Waals surface area (Å²) in [6.07, 6.45) is 2.51. The molecule has 0 radical (unpaired) electrons. The van der Waals surface area contributed by atoms with E-state index in [0.29, 0.717) is 12.1 Å². The van der Waals surface area contributed by atoms with E-state index in [1.807, 2.05) is 0 Å². The van der Waals surface area contributed by atoms with Gasteiger partial charge in [0.1, 0.15) is 12.0 Å². The van der Waals surface area contributed by atoms with Gasteiger partial charge in [0.25, 0.3) is 0 Å². The van der Waals surface area contributed by atoms with Crippen molar-refractivity contribution in [3.8, 4) is 0 Å². The molecule has 1 unspecified atom stereocenters. The second kappa shape index (κ2) is 4.50. The fraction of sp³-hybridized carbons (Fsp3) is 0.538. The average molecular weight is 225 g/mol. The Morgan fingerprint density at radius 1 is 1.31 bits per heavy atom. The van der Waals surface area contributed by atoms with Crippen molar-refractivity contribution in [2.75, 3.05) is 6.54 Å². The topological polar surface area (TPSA) is 26.0 Å². The molecule has 1 nitrogen and oxygen atoms in total. The van der Waals surface area contributed by atoms with E-state index in [9.17, 15) is 8.78 Å². The molecule has 0 saturated heterocycles. The molecule has 2 N–H and O–H groups in total. The number of rotatable bonds is 3. The minimum Gasteiger partial charge on any atom is -0.330 e. The van der Waals surface area contributed by atoms with Gasteiger partial charge in [-0.3, -0.25) is 0 Å². The van der Waals surface area contributed by atoms with Crippen molar-refractivity contribution in [3.05, 3.63) is 35.6 Å². The third kappa shape index (κ3) is 1.96. The highest BCUT2D eigenvalue weighted by Crippen LogP contribution is 2.48. The number of alkyl halides is 1. The molecule has 3 heteroatoms. The molecule has 0 aromatic heterocycles. The number of hydrogen-bond donors (Lipinski definition) is 1. The molecule has 2 rings (SSSR count). The van der Waals surface area contributed by atoms with Crippen molar-refractivity contribution in [1.82, 2.24) is 0 Å². The van der Waals surface area contributed by atoms with E-state index < -0.39 is 11.6 Å². The maximum Gasteiger partial charge on any atom is 0.132 e. The number of nitrogens with two attached hydrogens (primary N) is 1. The van der Waals surface area contributed by atoms with Crippen molar-refractivity contribution >= 4 is 0 Å². The van der Waals surface area contributed by atoms with Gasteiger partial charge in [0.15, 0.2) is 0 Å². The molecule has 0 bridgehead atoms. The second-order valence-electron chi connectivity index (χ2n) is 4.69. The number of halogens is 2. The average Bonchev–Trinajstić information content (AvgIpc) is 2.78. The zero-order valence-corrected chi connectivity index (χ0v) is 9.26. The molecule has 1 aliphatic carbocycles. The molecule has 1 aliphatic rings. The van der Waals surface area contributed by atoms with Gasteiger partial charge < -0.3 is 5.73 Å². The molecule has 88 valence electrons. The first kappa shape index (κ1) is 11.5. The Labute approximate surface area is 94.7 Å². The van der Waals surface area contributed by atoms with Crippen LogP contribution in [0, 0.1) is 11.2 Å².